The number of aromatic nitrogens is 2. The van der Waals surface area contributed by atoms with Gasteiger partial charge in [0.05, 0.1) is 11.5 Å². The maximum absolute atomic E-state index is 12.5. The third-order valence-corrected chi connectivity index (χ3v) is 4.29. The van der Waals surface area contributed by atoms with Crippen LogP contribution < -0.4 is 16.0 Å². The molecule has 1 aromatic carbocycles. The molecule has 116 valence electrons. The van der Waals surface area contributed by atoms with Crippen molar-refractivity contribution >= 4 is 5.78 Å². The van der Waals surface area contributed by atoms with E-state index in [0.717, 1.165) is 5.56 Å². The lowest BCUT2D eigenvalue weighted by Gasteiger charge is -2.31. The van der Waals surface area contributed by atoms with Crippen molar-refractivity contribution in [3.8, 4) is 5.88 Å². The summed E-state index contributed by atoms with van der Waals surface area (Å²) >= 11 is 0. The van der Waals surface area contributed by atoms with E-state index in [4.69, 9.17) is 4.74 Å². The van der Waals surface area contributed by atoms with Crippen LogP contribution in [0, 0.1) is 0 Å². The van der Waals surface area contributed by atoms with Gasteiger partial charge in [-0.2, -0.15) is 0 Å². The summed E-state index contributed by atoms with van der Waals surface area (Å²) in [6.07, 6.45) is 1.78. The second-order valence-electron chi connectivity index (χ2n) is 5.71. The Morgan fingerprint density at radius 1 is 1.00 bits per heavy atom. The lowest BCUT2D eigenvalue weighted by molar-refractivity contribution is -0.116. The SMILES string of the molecule is O=C1CCCC2=C1C(c1ccccc1)c1c([nH]c(=O)[nH]c1=O)O2. The summed E-state index contributed by atoms with van der Waals surface area (Å²) in [4.78, 5) is 41.2. The van der Waals surface area contributed by atoms with Crippen molar-refractivity contribution < 1.29 is 9.53 Å². The zero-order valence-electron chi connectivity index (χ0n) is 12.2. The van der Waals surface area contributed by atoms with Crippen LogP contribution >= 0.6 is 0 Å². The van der Waals surface area contributed by atoms with Crippen LogP contribution in [0.2, 0.25) is 0 Å². The van der Waals surface area contributed by atoms with Gasteiger partial charge < -0.3 is 4.74 Å². The summed E-state index contributed by atoms with van der Waals surface area (Å²) in [6.45, 7) is 0. The zero-order chi connectivity index (χ0) is 16.0. The fourth-order valence-corrected chi connectivity index (χ4v) is 3.33. The van der Waals surface area contributed by atoms with Gasteiger partial charge in [0.1, 0.15) is 5.76 Å². The minimum atomic E-state index is -0.619. The number of fused-ring (bicyclic) bond motifs is 1. The van der Waals surface area contributed by atoms with Crippen molar-refractivity contribution in [1.82, 2.24) is 9.97 Å². The van der Waals surface area contributed by atoms with E-state index < -0.39 is 17.2 Å². The molecule has 2 heterocycles. The molecule has 0 bridgehead atoms. The normalized spacial score (nSPS) is 19.8. The van der Waals surface area contributed by atoms with E-state index in [9.17, 15) is 14.4 Å². The van der Waals surface area contributed by atoms with E-state index in [1.54, 1.807) is 0 Å². The molecule has 2 aromatic rings. The molecule has 0 fully saturated rings. The topological polar surface area (TPSA) is 92.0 Å². The third kappa shape index (κ3) is 2.14. The molecule has 1 aliphatic heterocycles. The Bertz CT molecular complexity index is 937. The Morgan fingerprint density at radius 3 is 2.57 bits per heavy atom. The van der Waals surface area contributed by atoms with Crippen molar-refractivity contribution in [3.63, 3.8) is 0 Å². The van der Waals surface area contributed by atoms with E-state index in [-0.39, 0.29) is 17.2 Å². The molecule has 0 amide bonds. The summed E-state index contributed by atoms with van der Waals surface area (Å²) in [5.41, 5.74) is 0.504. The van der Waals surface area contributed by atoms with Gasteiger partial charge in [-0.05, 0) is 12.0 Å². The number of aromatic amines is 2. The number of ketones is 1. The van der Waals surface area contributed by atoms with Crippen molar-refractivity contribution in [2.45, 2.75) is 25.2 Å². The molecule has 0 saturated carbocycles. The van der Waals surface area contributed by atoms with E-state index in [1.807, 2.05) is 30.3 Å². The van der Waals surface area contributed by atoms with Crippen LogP contribution in [0.3, 0.4) is 0 Å². The Labute approximate surface area is 130 Å². The van der Waals surface area contributed by atoms with Gasteiger partial charge in [-0.25, -0.2) is 4.79 Å². The van der Waals surface area contributed by atoms with Crippen molar-refractivity contribution in [2.75, 3.05) is 0 Å². The molecular formula is C17H14N2O4. The van der Waals surface area contributed by atoms with E-state index in [1.165, 1.54) is 0 Å². The summed E-state index contributed by atoms with van der Waals surface area (Å²) in [7, 11) is 0. The van der Waals surface area contributed by atoms with Crippen LogP contribution in [0.5, 0.6) is 5.88 Å². The highest BCUT2D eigenvalue weighted by Crippen LogP contribution is 2.43. The molecule has 23 heavy (non-hydrogen) atoms. The van der Waals surface area contributed by atoms with Crippen LogP contribution in [0.25, 0.3) is 0 Å². The summed E-state index contributed by atoms with van der Waals surface area (Å²) < 4.78 is 5.70. The quantitative estimate of drug-likeness (QED) is 0.836. The average Bonchev–Trinajstić information content (AvgIpc) is 2.54. The second-order valence-corrected chi connectivity index (χ2v) is 5.71. The molecule has 0 spiro atoms. The minimum absolute atomic E-state index is 0.00338. The highest BCUT2D eigenvalue weighted by molar-refractivity contribution is 5.99. The number of hydrogen-bond donors (Lipinski definition) is 2. The third-order valence-electron chi connectivity index (χ3n) is 4.29. The molecule has 1 atom stereocenters. The number of hydrogen-bond acceptors (Lipinski definition) is 4. The first-order valence-electron chi connectivity index (χ1n) is 7.50. The van der Waals surface area contributed by atoms with E-state index >= 15 is 0 Å². The molecule has 0 radical (unpaired) electrons. The Kier molecular flexibility index (Phi) is 3.04. The Hall–Kier alpha value is -2.89. The first-order valence-corrected chi connectivity index (χ1v) is 7.50. The molecule has 1 aromatic heterocycles. The Morgan fingerprint density at radius 2 is 1.78 bits per heavy atom. The number of allylic oxidation sites excluding steroid dienone is 2. The molecule has 6 heteroatoms. The lowest BCUT2D eigenvalue weighted by Crippen LogP contribution is -2.34. The number of Topliss-reactive ketones (excluding diaryl/α,β-unsaturated/α-hetero) is 1. The molecular weight excluding hydrogens is 296 g/mol. The summed E-state index contributed by atoms with van der Waals surface area (Å²) in [6, 6.07) is 9.34. The predicted octanol–water partition coefficient (Wildman–Crippen LogP) is 1.59. The van der Waals surface area contributed by atoms with Crippen LogP contribution in [-0.2, 0) is 4.79 Å². The van der Waals surface area contributed by atoms with Crippen LogP contribution in [0.1, 0.15) is 36.3 Å². The lowest BCUT2D eigenvalue weighted by atomic mass is 9.78. The maximum Gasteiger partial charge on any atom is 0.328 e. The van der Waals surface area contributed by atoms with Crippen LogP contribution in [-0.4, -0.2) is 15.8 Å². The fourth-order valence-electron chi connectivity index (χ4n) is 3.33. The molecule has 1 aliphatic carbocycles. The monoisotopic (exact) mass is 310 g/mol. The molecule has 1 unspecified atom stereocenters. The van der Waals surface area contributed by atoms with Gasteiger partial charge in [0, 0.05) is 18.4 Å². The standard InChI is InChI=1S/C17H14N2O4/c20-10-7-4-8-11-13(10)12(9-5-2-1-3-6-9)14-15(21)18-17(22)19-16(14)23-11/h1-3,5-6,12H,4,7-8H2,(H2,18,19,21,22). The fraction of sp³-hybridized carbons (Fsp3) is 0.235. The number of H-pyrrole nitrogens is 2. The number of rotatable bonds is 1. The highest BCUT2D eigenvalue weighted by Gasteiger charge is 2.38. The largest absolute Gasteiger partial charge is 0.444 e. The van der Waals surface area contributed by atoms with Crippen molar-refractivity contribution in [1.29, 1.82) is 0 Å². The summed E-state index contributed by atoms with van der Waals surface area (Å²) in [5, 5.41) is 0. The number of ether oxygens (including phenoxy) is 1. The van der Waals surface area contributed by atoms with E-state index in [2.05, 4.69) is 9.97 Å². The average molecular weight is 310 g/mol. The van der Waals surface area contributed by atoms with Gasteiger partial charge in [-0.3, -0.25) is 19.6 Å². The van der Waals surface area contributed by atoms with E-state index in [0.29, 0.717) is 30.6 Å². The Balaban J connectivity index is 2.03. The van der Waals surface area contributed by atoms with Gasteiger partial charge in [-0.1, -0.05) is 30.3 Å². The number of carbonyl (C=O) groups is 1. The number of carbonyl (C=O) groups excluding carboxylic acids is 1. The maximum atomic E-state index is 12.5. The number of benzene rings is 1. The first-order chi connectivity index (χ1) is 11.1. The molecule has 4 rings (SSSR count). The van der Waals surface area contributed by atoms with Gasteiger partial charge >= 0.3 is 5.69 Å². The van der Waals surface area contributed by atoms with Gasteiger partial charge in [-0.15, -0.1) is 0 Å². The van der Waals surface area contributed by atoms with Crippen LogP contribution in [0.15, 0.2) is 51.3 Å². The number of nitrogens with one attached hydrogen (secondary N) is 2. The molecule has 2 aliphatic rings. The van der Waals surface area contributed by atoms with Gasteiger partial charge in [0.25, 0.3) is 5.56 Å². The molecule has 2 N–H and O–H groups in total. The summed E-state index contributed by atoms with van der Waals surface area (Å²) in [5.74, 6) is 0.185. The van der Waals surface area contributed by atoms with Crippen molar-refractivity contribution in [3.05, 3.63) is 73.6 Å². The predicted molar refractivity (Wildman–Crippen MR) is 82.5 cm³/mol. The van der Waals surface area contributed by atoms with Crippen molar-refractivity contribution in [2.24, 2.45) is 0 Å². The van der Waals surface area contributed by atoms with Gasteiger partial charge in [0.15, 0.2) is 5.78 Å². The first kappa shape index (κ1) is 13.8. The molecule has 6 nitrogen and oxygen atoms in total. The minimum Gasteiger partial charge on any atom is -0.444 e. The molecule has 0 saturated heterocycles. The highest BCUT2D eigenvalue weighted by atomic mass is 16.5. The van der Waals surface area contributed by atoms with Gasteiger partial charge in [0.2, 0.25) is 5.88 Å². The smallest absolute Gasteiger partial charge is 0.328 e. The zero-order valence-corrected chi connectivity index (χ0v) is 12.2. The van der Waals surface area contributed by atoms with Crippen LogP contribution in [0.4, 0.5) is 0 Å². The second kappa shape index (κ2) is 5.08.